The van der Waals surface area contributed by atoms with E-state index in [1.165, 1.54) is 6.26 Å². The molecule has 2 aromatic carbocycles. The lowest BCUT2D eigenvalue weighted by Gasteiger charge is -2.42. The van der Waals surface area contributed by atoms with Crippen molar-refractivity contribution >= 4 is 49.9 Å². The van der Waals surface area contributed by atoms with E-state index in [9.17, 15) is 8.42 Å². The average Bonchev–Trinajstić information content (AvgIpc) is 3.42. The fourth-order valence-electron chi connectivity index (χ4n) is 5.87. The summed E-state index contributed by atoms with van der Waals surface area (Å²) in [7, 11) is -1.45. The maximum Gasteiger partial charge on any atom is 0.227 e. The van der Waals surface area contributed by atoms with Gasteiger partial charge in [0.1, 0.15) is 5.75 Å². The van der Waals surface area contributed by atoms with Crippen LogP contribution in [0.4, 0.5) is 17.3 Å². The third-order valence-electron chi connectivity index (χ3n) is 8.11. The zero-order valence-corrected chi connectivity index (χ0v) is 24.7. The van der Waals surface area contributed by atoms with Crippen LogP contribution in [0.15, 0.2) is 54.9 Å². The quantitative estimate of drug-likeness (QED) is 0.320. The molecule has 2 N–H and O–H groups in total. The van der Waals surface area contributed by atoms with Crippen molar-refractivity contribution in [2.24, 2.45) is 0 Å². The van der Waals surface area contributed by atoms with E-state index in [1.807, 2.05) is 42.6 Å². The number of H-pyrrole nitrogens is 1. The number of hydrogen-bond acceptors (Lipinski definition) is 8. The number of rotatable bonds is 7. The summed E-state index contributed by atoms with van der Waals surface area (Å²) in [4.78, 5) is 17.3. The molecule has 0 amide bonds. The van der Waals surface area contributed by atoms with Gasteiger partial charge in [-0.15, -0.1) is 0 Å². The Labute approximate surface area is 245 Å². The molecular weight excluding hydrogens is 562 g/mol. The van der Waals surface area contributed by atoms with E-state index < -0.39 is 10.0 Å². The molecule has 0 radical (unpaired) electrons. The predicted octanol–water partition coefficient (Wildman–Crippen LogP) is 4.58. The molecule has 4 aromatic rings. The van der Waals surface area contributed by atoms with Gasteiger partial charge in [-0.1, -0.05) is 29.8 Å². The van der Waals surface area contributed by atoms with Crippen LogP contribution in [-0.2, 0) is 10.0 Å². The summed E-state index contributed by atoms with van der Waals surface area (Å²) >= 11 is 6.51. The van der Waals surface area contributed by atoms with E-state index in [-0.39, 0.29) is 0 Å². The van der Waals surface area contributed by atoms with Crippen molar-refractivity contribution in [3.63, 3.8) is 0 Å². The van der Waals surface area contributed by atoms with Gasteiger partial charge in [-0.05, 0) is 31.0 Å². The van der Waals surface area contributed by atoms with Crippen LogP contribution in [0.1, 0.15) is 12.8 Å². The van der Waals surface area contributed by atoms with Crippen LogP contribution in [0.3, 0.4) is 0 Å². The Bertz CT molecular complexity index is 1650. The van der Waals surface area contributed by atoms with Crippen LogP contribution in [0, 0.1) is 0 Å². The molecule has 0 aliphatic carbocycles. The summed E-state index contributed by atoms with van der Waals surface area (Å²) in [6.45, 7) is 4.60. The fourth-order valence-corrected chi connectivity index (χ4v) is 6.89. The van der Waals surface area contributed by atoms with Crippen LogP contribution in [0.2, 0.25) is 5.02 Å². The summed E-state index contributed by atoms with van der Waals surface area (Å²) in [5.41, 5.74) is 4.45. The molecule has 0 unspecified atom stereocenters. The van der Waals surface area contributed by atoms with Crippen molar-refractivity contribution in [2.75, 3.05) is 62.9 Å². The number of ether oxygens (including phenoxy) is 1. The number of piperidine rings is 1. The number of piperazine rings is 1. The van der Waals surface area contributed by atoms with E-state index in [2.05, 4.69) is 31.2 Å². The van der Waals surface area contributed by atoms with Crippen molar-refractivity contribution in [3.05, 3.63) is 59.9 Å². The Morgan fingerprint density at radius 3 is 2.54 bits per heavy atom. The third-order valence-corrected chi connectivity index (χ3v) is 9.69. The van der Waals surface area contributed by atoms with Crippen LogP contribution in [0.25, 0.3) is 22.2 Å². The molecule has 216 valence electrons. The highest BCUT2D eigenvalue weighted by Crippen LogP contribution is 2.35. The SMILES string of the molecule is COc1cc(N2CCC(N3CCN(S(C)(=O)=O)CC3)CC2)ccc1Nc1ncc(Cl)c(-c2c[nH]c3ccccc23)n1. The first-order valence-corrected chi connectivity index (χ1v) is 16.0. The summed E-state index contributed by atoms with van der Waals surface area (Å²) in [5.74, 6) is 1.13. The van der Waals surface area contributed by atoms with Gasteiger partial charge in [-0.2, -0.15) is 4.31 Å². The molecule has 6 rings (SSSR count). The number of para-hydroxylation sites is 1. The molecule has 0 saturated carbocycles. The fraction of sp³-hybridized carbons (Fsp3) is 0.379. The van der Waals surface area contributed by atoms with Gasteiger partial charge in [0.05, 0.1) is 36.0 Å². The van der Waals surface area contributed by atoms with Gasteiger partial charge in [0.25, 0.3) is 0 Å². The molecule has 0 spiro atoms. The van der Waals surface area contributed by atoms with Gasteiger partial charge in [-0.3, -0.25) is 4.90 Å². The first kappa shape index (κ1) is 27.8. The highest BCUT2D eigenvalue weighted by molar-refractivity contribution is 7.88. The second-order valence-corrected chi connectivity index (χ2v) is 13.0. The standard InChI is InChI=1S/C29H34ClN7O3S/c1-40-27-17-21(35-11-9-20(10-12-35)36-13-15-37(16-14-36)41(2,38)39)7-8-26(27)33-29-32-19-24(30)28(34-29)23-18-31-25-6-4-3-5-22(23)25/h3-8,17-20,31H,9-16H2,1-2H3,(H,32,33,34). The Morgan fingerprint density at radius 2 is 1.80 bits per heavy atom. The number of hydrogen-bond donors (Lipinski definition) is 2. The Kier molecular flexibility index (Phi) is 7.78. The number of methoxy groups -OCH3 is 1. The van der Waals surface area contributed by atoms with Gasteiger partial charge in [-0.25, -0.2) is 18.4 Å². The summed E-state index contributed by atoms with van der Waals surface area (Å²) in [6.07, 6.45) is 6.89. The van der Waals surface area contributed by atoms with Gasteiger partial charge in [0.15, 0.2) is 0 Å². The van der Waals surface area contributed by atoms with Crippen LogP contribution in [-0.4, -0.2) is 91.3 Å². The second-order valence-electron chi connectivity index (χ2n) is 10.6. The number of benzene rings is 2. The number of nitrogens with one attached hydrogen (secondary N) is 2. The first-order chi connectivity index (χ1) is 19.8. The number of halogens is 1. The minimum atomic E-state index is -3.11. The van der Waals surface area contributed by atoms with Crippen LogP contribution in [0.5, 0.6) is 5.75 Å². The predicted molar refractivity (Wildman–Crippen MR) is 164 cm³/mol. The molecule has 0 atom stereocenters. The lowest BCUT2D eigenvalue weighted by Crippen LogP contribution is -2.54. The maximum atomic E-state index is 11.8. The van der Waals surface area contributed by atoms with E-state index in [4.69, 9.17) is 21.3 Å². The molecule has 2 aliphatic heterocycles. The molecule has 2 saturated heterocycles. The molecule has 2 aliphatic rings. The average molecular weight is 596 g/mol. The Hall–Kier alpha value is -3.38. The highest BCUT2D eigenvalue weighted by Gasteiger charge is 2.30. The number of fused-ring (bicyclic) bond motifs is 1. The number of aromatic amines is 1. The van der Waals surface area contributed by atoms with E-state index in [0.717, 1.165) is 66.9 Å². The largest absolute Gasteiger partial charge is 0.494 e. The van der Waals surface area contributed by atoms with E-state index in [0.29, 0.717) is 41.5 Å². The minimum absolute atomic E-state index is 0.428. The van der Waals surface area contributed by atoms with Gasteiger partial charge in [0.2, 0.25) is 16.0 Å². The van der Waals surface area contributed by atoms with Gasteiger partial charge >= 0.3 is 0 Å². The molecule has 2 fully saturated rings. The van der Waals surface area contributed by atoms with Crippen LogP contribution < -0.4 is 15.0 Å². The molecule has 41 heavy (non-hydrogen) atoms. The third kappa shape index (κ3) is 5.85. The van der Waals surface area contributed by atoms with Crippen molar-refractivity contribution in [1.29, 1.82) is 0 Å². The summed E-state index contributed by atoms with van der Waals surface area (Å²) in [5, 5.41) is 4.83. The van der Waals surface area contributed by atoms with Crippen molar-refractivity contribution in [2.45, 2.75) is 18.9 Å². The molecule has 0 bridgehead atoms. The molecule has 4 heterocycles. The van der Waals surface area contributed by atoms with E-state index in [1.54, 1.807) is 17.6 Å². The smallest absolute Gasteiger partial charge is 0.227 e. The lowest BCUT2D eigenvalue weighted by molar-refractivity contribution is 0.120. The number of nitrogens with zero attached hydrogens (tertiary/aromatic N) is 5. The minimum Gasteiger partial charge on any atom is -0.494 e. The molecule has 2 aromatic heterocycles. The Morgan fingerprint density at radius 1 is 1.05 bits per heavy atom. The zero-order valence-electron chi connectivity index (χ0n) is 23.2. The number of anilines is 3. The van der Waals surface area contributed by atoms with Crippen molar-refractivity contribution < 1.29 is 13.2 Å². The van der Waals surface area contributed by atoms with Gasteiger partial charge < -0.3 is 19.9 Å². The van der Waals surface area contributed by atoms with Crippen molar-refractivity contribution in [1.82, 2.24) is 24.2 Å². The molecular formula is C29H34ClN7O3S. The summed E-state index contributed by atoms with van der Waals surface area (Å²) in [6, 6.07) is 14.6. The molecule has 12 heteroatoms. The zero-order chi connectivity index (χ0) is 28.6. The molecule has 10 nitrogen and oxygen atoms in total. The lowest BCUT2D eigenvalue weighted by atomic mass is 10.0. The first-order valence-electron chi connectivity index (χ1n) is 13.8. The van der Waals surface area contributed by atoms with E-state index >= 15 is 0 Å². The van der Waals surface area contributed by atoms with Gasteiger partial charge in [0, 0.05) is 79.7 Å². The normalized spacial score (nSPS) is 17.7. The highest BCUT2D eigenvalue weighted by atomic mass is 35.5. The number of sulfonamides is 1. The number of aromatic nitrogens is 3. The van der Waals surface area contributed by atoms with Crippen molar-refractivity contribution in [3.8, 4) is 17.0 Å². The second kappa shape index (κ2) is 11.5. The maximum absolute atomic E-state index is 11.8. The van der Waals surface area contributed by atoms with Crippen LogP contribution >= 0.6 is 11.6 Å². The summed E-state index contributed by atoms with van der Waals surface area (Å²) < 4.78 is 31.0. The Balaban J connectivity index is 1.13. The topological polar surface area (TPSA) is 107 Å². The monoisotopic (exact) mass is 595 g/mol.